The van der Waals surface area contributed by atoms with Gasteiger partial charge < -0.3 is 0 Å². The molecule has 2 aromatic heterocycles. The van der Waals surface area contributed by atoms with E-state index in [0.717, 1.165) is 5.69 Å². The maximum absolute atomic E-state index is 9.18. The van der Waals surface area contributed by atoms with Gasteiger partial charge in [-0.3, -0.25) is 4.57 Å². The van der Waals surface area contributed by atoms with Crippen LogP contribution in [-0.4, -0.2) is 19.5 Å². The van der Waals surface area contributed by atoms with Crippen molar-refractivity contribution in [3.8, 4) is 11.8 Å². The van der Waals surface area contributed by atoms with Crippen molar-refractivity contribution in [2.24, 2.45) is 0 Å². The predicted octanol–water partition coefficient (Wildman–Crippen LogP) is 2.56. The van der Waals surface area contributed by atoms with Crippen molar-refractivity contribution in [2.75, 3.05) is 0 Å². The monoisotopic (exact) mass is 263 g/mol. The molecular weight excluding hydrogens is 250 g/mol. The van der Waals surface area contributed by atoms with Crippen LogP contribution in [-0.2, 0) is 6.42 Å². The molecule has 5 nitrogen and oxygen atoms in total. The Bertz CT molecular complexity index is 809. The number of nitrogens with zero attached hydrogens (tertiary/aromatic N) is 5. The minimum absolute atomic E-state index is 0.331. The number of benzene rings is 1. The summed E-state index contributed by atoms with van der Waals surface area (Å²) in [6.45, 7) is 4.01. The summed E-state index contributed by atoms with van der Waals surface area (Å²) in [6, 6.07) is 10.2. The van der Waals surface area contributed by atoms with E-state index in [9.17, 15) is 5.26 Å². The topological polar surface area (TPSA) is 67.4 Å². The smallest absolute Gasteiger partial charge is 0.172 e. The summed E-state index contributed by atoms with van der Waals surface area (Å²) in [7, 11) is 0. The van der Waals surface area contributed by atoms with Gasteiger partial charge in [-0.2, -0.15) is 5.26 Å². The second-order valence-electron chi connectivity index (χ2n) is 4.58. The van der Waals surface area contributed by atoms with Gasteiger partial charge in [-0.15, -0.1) is 0 Å². The van der Waals surface area contributed by atoms with E-state index in [0.29, 0.717) is 29.1 Å². The summed E-state index contributed by atoms with van der Waals surface area (Å²) in [5.41, 5.74) is 3.72. The van der Waals surface area contributed by atoms with Crippen LogP contribution < -0.4 is 0 Å². The first kappa shape index (κ1) is 12.3. The molecule has 0 unspecified atom stereocenters. The predicted molar refractivity (Wildman–Crippen MR) is 75.5 cm³/mol. The zero-order valence-corrected chi connectivity index (χ0v) is 11.3. The summed E-state index contributed by atoms with van der Waals surface area (Å²) >= 11 is 0. The Morgan fingerprint density at radius 2 is 1.95 bits per heavy atom. The van der Waals surface area contributed by atoms with Gasteiger partial charge in [0.1, 0.15) is 23.7 Å². The van der Waals surface area contributed by atoms with E-state index >= 15 is 0 Å². The highest BCUT2D eigenvalue weighted by molar-refractivity contribution is 5.77. The Hall–Kier alpha value is -2.74. The molecule has 0 aliphatic heterocycles. The molecule has 2 heterocycles. The summed E-state index contributed by atoms with van der Waals surface area (Å²) in [4.78, 5) is 13.0. The first-order chi connectivity index (χ1) is 9.72. The molecule has 0 aliphatic carbocycles. The largest absolute Gasteiger partial charge is 0.283 e. The molecule has 0 aliphatic rings. The summed E-state index contributed by atoms with van der Waals surface area (Å²) < 4.78 is 1.89. The van der Waals surface area contributed by atoms with E-state index in [1.807, 2.05) is 42.7 Å². The zero-order valence-electron chi connectivity index (χ0n) is 11.3. The molecular formula is C15H13N5. The van der Waals surface area contributed by atoms with Gasteiger partial charge in [-0.1, -0.05) is 24.6 Å². The van der Waals surface area contributed by atoms with Gasteiger partial charge in [0.25, 0.3) is 0 Å². The third-order valence-electron chi connectivity index (χ3n) is 3.18. The molecule has 0 saturated carbocycles. The summed E-state index contributed by atoms with van der Waals surface area (Å²) in [6.07, 6.45) is 2.37. The number of rotatable bonds is 2. The van der Waals surface area contributed by atoms with E-state index in [2.05, 4.69) is 21.0 Å². The summed E-state index contributed by atoms with van der Waals surface area (Å²) in [5, 5.41) is 9.18. The van der Waals surface area contributed by atoms with Gasteiger partial charge in [-0.05, 0) is 19.1 Å². The van der Waals surface area contributed by atoms with E-state index in [1.165, 1.54) is 5.56 Å². The second kappa shape index (κ2) is 4.74. The second-order valence-corrected chi connectivity index (χ2v) is 4.58. The number of aromatic nitrogens is 4. The quantitative estimate of drug-likeness (QED) is 0.712. The number of aryl methyl sites for hydroxylation is 2. The van der Waals surface area contributed by atoms with Crippen LogP contribution in [0.3, 0.4) is 0 Å². The maximum Gasteiger partial charge on any atom is 0.172 e. The molecule has 0 saturated heterocycles. The van der Waals surface area contributed by atoms with E-state index in [-0.39, 0.29) is 0 Å². The molecule has 0 bridgehead atoms. The van der Waals surface area contributed by atoms with Crippen molar-refractivity contribution < 1.29 is 0 Å². The Labute approximate surface area is 116 Å². The molecule has 0 amide bonds. The minimum Gasteiger partial charge on any atom is -0.283 e. The Balaban J connectivity index is 2.27. The number of nitriles is 1. The van der Waals surface area contributed by atoms with Gasteiger partial charge in [0, 0.05) is 12.1 Å². The van der Waals surface area contributed by atoms with Crippen molar-refractivity contribution in [1.82, 2.24) is 19.5 Å². The Morgan fingerprint density at radius 3 is 2.60 bits per heavy atom. The number of fused-ring (bicyclic) bond motifs is 1. The average Bonchev–Trinajstić information content (AvgIpc) is 2.90. The Kier molecular flexibility index (Phi) is 2.92. The molecule has 0 N–H and O–H groups in total. The van der Waals surface area contributed by atoms with Crippen LogP contribution in [0.5, 0.6) is 0 Å². The van der Waals surface area contributed by atoms with Crippen molar-refractivity contribution >= 4 is 11.2 Å². The van der Waals surface area contributed by atoms with Gasteiger partial charge >= 0.3 is 0 Å². The molecule has 3 rings (SSSR count). The highest BCUT2D eigenvalue weighted by Gasteiger charge is 2.13. The van der Waals surface area contributed by atoms with Crippen molar-refractivity contribution in [3.05, 3.63) is 47.7 Å². The summed E-state index contributed by atoms with van der Waals surface area (Å²) in [5.74, 6) is 0.655. The minimum atomic E-state index is 0.331. The van der Waals surface area contributed by atoms with E-state index < -0.39 is 0 Å². The molecule has 0 atom stereocenters. The first-order valence-corrected chi connectivity index (χ1v) is 6.44. The van der Waals surface area contributed by atoms with Gasteiger partial charge in [0.15, 0.2) is 11.3 Å². The Morgan fingerprint density at radius 1 is 1.20 bits per heavy atom. The lowest BCUT2D eigenvalue weighted by atomic mass is 10.2. The standard InChI is InChI=1S/C15H13N5/c1-3-13-18-12(8-16)14-15(19-13)20(9-17-14)11-6-4-10(2)5-7-11/h4-7,9H,3H2,1-2H3. The molecule has 0 fully saturated rings. The van der Waals surface area contributed by atoms with Crippen LogP contribution in [0.1, 0.15) is 24.0 Å². The van der Waals surface area contributed by atoms with Crippen LogP contribution in [0, 0.1) is 18.3 Å². The maximum atomic E-state index is 9.18. The normalized spacial score (nSPS) is 10.7. The van der Waals surface area contributed by atoms with Crippen molar-refractivity contribution in [1.29, 1.82) is 5.26 Å². The van der Waals surface area contributed by atoms with Crippen molar-refractivity contribution in [3.63, 3.8) is 0 Å². The molecule has 98 valence electrons. The fourth-order valence-corrected chi connectivity index (χ4v) is 2.08. The number of imidazole rings is 1. The molecule has 20 heavy (non-hydrogen) atoms. The fourth-order valence-electron chi connectivity index (χ4n) is 2.08. The van der Waals surface area contributed by atoms with Crippen LogP contribution in [0.25, 0.3) is 16.9 Å². The molecule has 3 aromatic rings. The van der Waals surface area contributed by atoms with Crippen LogP contribution >= 0.6 is 0 Å². The average molecular weight is 263 g/mol. The molecule has 0 spiro atoms. The molecule has 0 radical (unpaired) electrons. The van der Waals surface area contributed by atoms with Gasteiger partial charge in [0.2, 0.25) is 0 Å². The number of hydrogen-bond acceptors (Lipinski definition) is 4. The van der Waals surface area contributed by atoms with Crippen LogP contribution in [0.15, 0.2) is 30.6 Å². The SMILES string of the molecule is CCc1nc(C#N)c2ncn(-c3ccc(C)cc3)c2n1. The number of hydrogen-bond donors (Lipinski definition) is 0. The van der Waals surface area contributed by atoms with E-state index in [1.54, 1.807) is 6.33 Å². The lowest BCUT2D eigenvalue weighted by molar-refractivity contribution is 0.936. The molecule has 1 aromatic carbocycles. The van der Waals surface area contributed by atoms with Gasteiger partial charge in [-0.25, -0.2) is 15.0 Å². The lowest BCUT2D eigenvalue weighted by Crippen LogP contribution is -2.00. The fraction of sp³-hybridized carbons (Fsp3) is 0.200. The third kappa shape index (κ3) is 1.91. The van der Waals surface area contributed by atoms with Crippen LogP contribution in [0.4, 0.5) is 0 Å². The van der Waals surface area contributed by atoms with Gasteiger partial charge in [0.05, 0.1) is 0 Å². The van der Waals surface area contributed by atoms with Crippen LogP contribution in [0.2, 0.25) is 0 Å². The molecule has 5 heteroatoms. The first-order valence-electron chi connectivity index (χ1n) is 6.44. The highest BCUT2D eigenvalue weighted by Crippen LogP contribution is 2.19. The van der Waals surface area contributed by atoms with Crippen molar-refractivity contribution in [2.45, 2.75) is 20.3 Å². The van der Waals surface area contributed by atoms with E-state index in [4.69, 9.17) is 0 Å². The lowest BCUT2D eigenvalue weighted by Gasteiger charge is -2.05. The highest BCUT2D eigenvalue weighted by atomic mass is 15.1. The third-order valence-corrected chi connectivity index (χ3v) is 3.18. The zero-order chi connectivity index (χ0) is 14.1.